The normalized spacial score (nSPS) is 33.6. The summed E-state index contributed by atoms with van der Waals surface area (Å²) >= 11 is 3.70. The molecule has 2 amide bonds. The van der Waals surface area contributed by atoms with Crippen molar-refractivity contribution in [2.24, 2.45) is 11.8 Å². The van der Waals surface area contributed by atoms with Crippen LogP contribution in [0.4, 0.5) is 0 Å². The number of carbonyl (C=O) groups is 3. The van der Waals surface area contributed by atoms with Crippen molar-refractivity contribution in [3.8, 4) is 0 Å². The number of hydrogen-bond acceptors (Lipinski definition) is 6. The summed E-state index contributed by atoms with van der Waals surface area (Å²) in [6, 6.07) is -0.639. The Morgan fingerprint density at radius 1 is 1.25 bits per heavy atom. The standard InChI is InChI=1S/C27H41BrN2O6/c1-3-14-29(18-12-8-7-9-13-18)25(33)23-27-17-19(28)22(36-27)20(26(34)35-4-2)21(27)24(32)30(23)15-10-5-6-11-16-31/h3,18-23,31H,1,4-17H2,2H3/t19?,20-,21-,22-,23?,27?/m0/s1. The lowest BCUT2D eigenvalue weighted by Crippen LogP contribution is -2.58. The van der Waals surface area contributed by atoms with Crippen LogP contribution in [0, 0.1) is 11.8 Å². The van der Waals surface area contributed by atoms with Crippen molar-refractivity contribution < 1.29 is 29.0 Å². The van der Waals surface area contributed by atoms with E-state index in [9.17, 15) is 14.4 Å². The highest BCUT2D eigenvalue weighted by molar-refractivity contribution is 9.09. The first-order valence-corrected chi connectivity index (χ1v) is 14.6. The summed E-state index contributed by atoms with van der Waals surface area (Å²) < 4.78 is 11.9. The zero-order valence-electron chi connectivity index (χ0n) is 21.4. The second-order valence-electron chi connectivity index (χ2n) is 10.7. The van der Waals surface area contributed by atoms with E-state index in [1.165, 1.54) is 6.42 Å². The summed E-state index contributed by atoms with van der Waals surface area (Å²) in [6.07, 6.45) is 10.2. The third-order valence-corrected chi connectivity index (χ3v) is 9.36. The van der Waals surface area contributed by atoms with Gasteiger partial charge in [0.05, 0.1) is 24.5 Å². The maximum Gasteiger partial charge on any atom is 0.312 e. The molecule has 2 bridgehead atoms. The second-order valence-corrected chi connectivity index (χ2v) is 11.8. The third-order valence-electron chi connectivity index (χ3n) is 8.51. The van der Waals surface area contributed by atoms with Gasteiger partial charge in [0.2, 0.25) is 11.8 Å². The molecule has 4 fully saturated rings. The van der Waals surface area contributed by atoms with Gasteiger partial charge >= 0.3 is 5.97 Å². The molecule has 3 saturated heterocycles. The predicted molar refractivity (Wildman–Crippen MR) is 138 cm³/mol. The molecule has 8 nitrogen and oxygen atoms in total. The molecule has 6 atom stereocenters. The fraction of sp³-hybridized carbons (Fsp3) is 0.815. The van der Waals surface area contributed by atoms with Gasteiger partial charge in [-0.15, -0.1) is 6.58 Å². The van der Waals surface area contributed by atoms with Gasteiger partial charge in [0.15, 0.2) is 0 Å². The molecule has 9 heteroatoms. The Kier molecular flexibility index (Phi) is 9.15. The maximum atomic E-state index is 14.4. The van der Waals surface area contributed by atoms with E-state index in [1.807, 2.05) is 4.90 Å². The Morgan fingerprint density at radius 3 is 2.64 bits per heavy atom. The number of likely N-dealkylation sites (tertiary alicyclic amines) is 1. The first-order valence-electron chi connectivity index (χ1n) is 13.7. The van der Waals surface area contributed by atoms with Crippen LogP contribution in [0.5, 0.6) is 0 Å². The molecule has 3 unspecified atom stereocenters. The van der Waals surface area contributed by atoms with Crippen molar-refractivity contribution in [2.45, 2.75) is 99.7 Å². The van der Waals surface area contributed by atoms with Gasteiger partial charge in [0, 0.05) is 30.6 Å². The maximum absolute atomic E-state index is 14.4. The Bertz CT molecular complexity index is 833. The predicted octanol–water partition coefficient (Wildman–Crippen LogP) is 3.20. The van der Waals surface area contributed by atoms with E-state index in [2.05, 4.69) is 22.5 Å². The van der Waals surface area contributed by atoms with Crippen LogP contribution in [0.25, 0.3) is 0 Å². The molecule has 4 aliphatic rings. The summed E-state index contributed by atoms with van der Waals surface area (Å²) in [6.45, 7) is 6.90. The van der Waals surface area contributed by atoms with Crippen molar-refractivity contribution in [3.63, 3.8) is 0 Å². The van der Waals surface area contributed by atoms with Crippen LogP contribution < -0.4 is 0 Å². The van der Waals surface area contributed by atoms with Gasteiger partial charge in [0.1, 0.15) is 11.6 Å². The lowest BCUT2D eigenvalue weighted by Gasteiger charge is -2.41. The molecular formula is C27H41BrN2O6. The second kappa shape index (κ2) is 11.9. The number of carbonyl (C=O) groups excluding carboxylic acids is 3. The van der Waals surface area contributed by atoms with Crippen LogP contribution in [0.3, 0.4) is 0 Å². The molecule has 0 radical (unpaired) electrons. The highest BCUT2D eigenvalue weighted by atomic mass is 79.9. The first kappa shape index (κ1) is 27.6. The Morgan fingerprint density at radius 2 is 1.97 bits per heavy atom. The van der Waals surface area contributed by atoms with Crippen LogP contribution in [-0.2, 0) is 23.9 Å². The van der Waals surface area contributed by atoms with Gasteiger partial charge in [-0.2, -0.15) is 0 Å². The molecule has 4 rings (SSSR count). The average molecular weight is 570 g/mol. The van der Waals surface area contributed by atoms with Crippen molar-refractivity contribution in [3.05, 3.63) is 12.7 Å². The summed E-state index contributed by atoms with van der Waals surface area (Å²) in [7, 11) is 0. The number of amides is 2. The van der Waals surface area contributed by atoms with Crippen molar-refractivity contribution in [1.82, 2.24) is 9.80 Å². The van der Waals surface area contributed by atoms with Crippen molar-refractivity contribution >= 4 is 33.7 Å². The summed E-state index contributed by atoms with van der Waals surface area (Å²) in [4.78, 5) is 44.9. The number of aliphatic hydroxyl groups excluding tert-OH is 1. The zero-order valence-corrected chi connectivity index (χ0v) is 23.0. The van der Waals surface area contributed by atoms with Gasteiger partial charge in [-0.3, -0.25) is 14.4 Å². The van der Waals surface area contributed by atoms with E-state index in [4.69, 9.17) is 14.6 Å². The van der Waals surface area contributed by atoms with E-state index >= 15 is 0 Å². The molecule has 3 aliphatic heterocycles. The highest BCUT2D eigenvalue weighted by Crippen LogP contribution is 2.60. The van der Waals surface area contributed by atoms with E-state index in [0.29, 0.717) is 19.5 Å². The zero-order chi connectivity index (χ0) is 25.9. The van der Waals surface area contributed by atoms with Crippen LogP contribution >= 0.6 is 15.9 Å². The monoisotopic (exact) mass is 568 g/mol. The number of rotatable bonds is 12. The number of unbranched alkanes of at least 4 members (excludes halogenated alkanes) is 3. The van der Waals surface area contributed by atoms with Crippen LogP contribution in [-0.4, -0.2) is 87.6 Å². The Labute approximate surface area is 222 Å². The van der Waals surface area contributed by atoms with Gasteiger partial charge in [-0.1, -0.05) is 54.1 Å². The number of esters is 1. The third kappa shape index (κ3) is 4.87. The molecule has 1 aliphatic carbocycles. The van der Waals surface area contributed by atoms with E-state index in [1.54, 1.807) is 17.9 Å². The van der Waals surface area contributed by atoms with Gasteiger partial charge < -0.3 is 24.4 Å². The minimum atomic E-state index is -1.04. The molecule has 36 heavy (non-hydrogen) atoms. The molecule has 1 N–H and O–H groups in total. The van der Waals surface area contributed by atoms with Gasteiger partial charge in [-0.05, 0) is 39.0 Å². The highest BCUT2D eigenvalue weighted by Gasteiger charge is 2.77. The molecule has 1 spiro atoms. The number of alkyl halides is 1. The number of fused-ring (bicyclic) bond motifs is 1. The molecule has 0 aromatic carbocycles. The fourth-order valence-electron chi connectivity index (χ4n) is 7.01. The van der Waals surface area contributed by atoms with Crippen molar-refractivity contribution in [1.29, 1.82) is 0 Å². The smallest absolute Gasteiger partial charge is 0.312 e. The molecule has 202 valence electrons. The largest absolute Gasteiger partial charge is 0.466 e. The molecule has 3 heterocycles. The van der Waals surface area contributed by atoms with Crippen LogP contribution in [0.15, 0.2) is 12.7 Å². The lowest BCUT2D eigenvalue weighted by atomic mass is 9.70. The average Bonchev–Trinajstić information content (AvgIpc) is 3.46. The molecule has 0 aromatic rings. The number of ether oxygens (including phenoxy) is 2. The summed E-state index contributed by atoms with van der Waals surface area (Å²) in [5.74, 6) is -2.10. The Hall–Kier alpha value is -1.45. The quantitative estimate of drug-likeness (QED) is 0.168. The van der Waals surface area contributed by atoms with Crippen molar-refractivity contribution in [2.75, 3.05) is 26.3 Å². The van der Waals surface area contributed by atoms with E-state index in [-0.39, 0.29) is 35.9 Å². The number of nitrogens with zero attached hydrogens (tertiary/aromatic N) is 2. The van der Waals surface area contributed by atoms with E-state index in [0.717, 1.165) is 51.4 Å². The van der Waals surface area contributed by atoms with Gasteiger partial charge in [-0.25, -0.2) is 0 Å². The van der Waals surface area contributed by atoms with Crippen LogP contribution in [0.1, 0.15) is 71.1 Å². The number of halogens is 1. The first-order chi connectivity index (χ1) is 17.4. The summed E-state index contributed by atoms with van der Waals surface area (Å²) in [5, 5.41) is 9.11. The molecular weight excluding hydrogens is 528 g/mol. The topological polar surface area (TPSA) is 96.4 Å². The molecule has 0 aromatic heterocycles. The lowest BCUT2D eigenvalue weighted by molar-refractivity contribution is -0.155. The number of hydrogen-bond donors (Lipinski definition) is 1. The Balaban J connectivity index is 1.67. The SMILES string of the molecule is C=CCN(C(=O)C1N(CCCCCCO)C(=O)[C@@H]2[C@H](C(=O)OCC)[C@H]3OC12CC3Br)C1CCCCC1. The van der Waals surface area contributed by atoms with E-state index < -0.39 is 35.6 Å². The summed E-state index contributed by atoms with van der Waals surface area (Å²) in [5.41, 5.74) is -1.04. The van der Waals surface area contributed by atoms with Crippen LogP contribution in [0.2, 0.25) is 0 Å². The van der Waals surface area contributed by atoms with Gasteiger partial charge in [0.25, 0.3) is 0 Å². The fourth-order valence-corrected chi connectivity index (χ4v) is 7.96. The minimum absolute atomic E-state index is 0.0853. The molecule has 1 saturated carbocycles. The number of aliphatic hydroxyl groups is 1. The minimum Gasteiger partial charge on any atom is -0.466 e.